The molecule has 1 aromatic carbocycles. The van der Waals surface area contributed by atoms with Crippen molar-refractivity contribution in [3.05, 3.63) is 41.8 Å². The van der Waals surface area contributed by atoms with Crippen LogP contribution in [-0.2, 0) is 16.1 Å². The Morgan fingerprint density at radius 2 is 1.87 bits per heavy atom. The fraction of sp³-hybridized carbons (Fsp3) is 0.545. The first-order valence-corrected chi connectivity index (χ1v) is 10.3. The maximum Gasteiger partial charge on any atom is 0.225 e. The molecule has 1 aliphatic heterocycles. The number of halogens is 2. The van der Waals surface area contributed by atoms with Gasteiger partial charge in [-0.25, -0.2) is 8.78 Å². The highest BCUT2D eigenvalue weighted by Crippen LogP contribution is 2.39. The molecule has 0 bridgehead atoms. The molecule has 30 heavy (non-hydrogen) atoms. The van der Waals surface area contributed by atoms with Gasteiger partial charge in [0.25, 0.3) is 0 Å². The van der Waals surface area contributed by atoms with Crippen molar-refractivity contribution in [2.75, 3.05) is 13.1 Å². The van der Waals surface area contributed by atoms with Crippen LogP contribution < -0.4 is 11.1 Å². The van der Waals surface area contributed by atoms with Crippen LogP contribution in [0.2, 0.25) is 0 Å². The number of likely N-dealkylation sites (tertiary alicyclic amines) is 1. The quantitative estimate of drug-likeness (QED) is 0.712. The minimum Gasteiger partial charge on any atom is -0.369 e. The lowest BCUT2D eigenvalue weighted by Crippen LogP contribution is -2.50. The Hall–Kier alpha value is -2.53. The average Bonchev–Trinajstić information content (AvgIpc) is 3.13. The van der Waals surface area contributed by atoms with Crippen molar-refractivity contribution in [2.45, 2.75) is 57.0 Å². The summed E-state index contributed by atoms with van der Waals surface area (Å²) in [5, 5.41) is 12.4. The molecule has 3 N–H and O–H groups in total. The van der Waals surface area contributed by atoms with Gasteiger partial charge >= 0.3 is 0 Å². The van der Waals surface area contributed by atoms with Crippen molar-refractivity contribution < 1.29 is 18.4 Å². The van der Waals surface area contributed by atoms with E-state index in [1.165, 1.54) is 24.6 Å². The van der Waals surface area contributed by atoms with Crippen LogP contribution >= 0.6 is 0 Å². The van der Waals surface area contributed by atoms with E-state index in [2.05, 4.69) is 11.4 Å². The van der Waals surface area contributed by atoms with Crippen LogP contribution in [0.15, 0.2) is 18.2 Å². The highest BCUT2D eigenvalue weighted by Gasteiger charge is 2.42. The molecule has 1 radical (unpaired) electrons. The lowest BCUT2D eigenvalue weighted by molar-refractivity contribution is -0.129. The summed E-state index contributed by atoms with van der Waals surface area (Å²) in [4.78, 5) is 26.3. The number of hydrogen-bond acceptors (Lipinski definition) is 4. The molecular formula is C22H27F2N4O2. The van der Waals surface area contributed by atoms with Crippen LogP contribution in [0.4, 0.5) is 8.78 Å². The molecule has 8 heteroatoms. The second-order valence-electron chi connectivity index (χ2n) is 8.46. The zero-order chi connectivity index (χ0) is 21.8. The van der Waals surface area contributed by atoms with Gasteiger partial charge in [-0.15, -0.1) is 0 Å². The maximum atomic E-state index is 13.9. The third kappa shape index (κ3) is 4.78. The summed E-state index contributed by atoms with van der Waals surface area (Å²) < 4.78 is 27.8. The Morgan fingerprint density at radius 3 is 2.47 bits per heavy atom. The zero-order valence-electron chi connectivity index (χ0n) is 16.9. The van der Waals surface area contributed by atoms with Crippen molar-refractivity contribution in [1.29, 1.82) is 5.26 Å². The number of amides is 2. The van der Waals surface area contributed by atoms with Crippen LogP contribution in [0, 0.1) is 34.8 Å². The number of carbonyl (C=O) groups excluding carboxylic acids is 2. The largest absolute Gasteiger partial charge is 0.369 e. The highest BCUT2D eigenvalue weighted by atomic mass is 19.1. The lowest BCUT2D eigenvalue weighted by atomic mass is 9.70. The van der Waals surface area contributed by atoms with Gasteiger partial charge in [-0.1, -0.05) is 25.3 Å². The van der Waals surface area contributed by atoms with Gasteiger partial charge in [-0.3, -0.25) is 14.5 Å². The number of benzene rings is 1. The number of nitrogens with one attached hydrogen (secondary N) is 1. The Labute approximate surface area is 175 Å². The molecule has 3 rings (SSSR count). The highest BCUT2D eigenvalue weighted by molar-refractivity contribution is 5.88. The number of hydrogen-bond donors (Lipinski definition) is 2. The minimum absolute atomic E-state index is 0.0201. The van der Waals surface area contributed by atoms with E-state index in [1.807, 2.05) is 0 Å². The lowest BCUT2D eigenvalue weighted by Gasteiger charge is -2.34. The molecule has 1 heterocycles. The topological polar surface area (TPSA) is 99.2 Å². The fourth-order valence-electron chi connectivity index (χ4n) is 4.51. The van der Waals surface area contributed by atoms with E-state index in [-0.39, 0.29) is 31.0 Å². The molecule has 2 amide bonds. The SMILES string of the molecule is N#CC1(NC(=O)[CH]CC2(C(N)=O)CCCCC2)CCN(Cc2c(F)cccc2F)C1. The molecule has 6 nitrogen and oxygen atoms in total. The molecule has 0 aromatic heterocycles. The number of nitrogens with zero attached hydrogens (tertiary/aromatic N) is 2. The molecule has 161 valence electrons. The Bertz CT molecular complexity index is 828. The third-order valence-corrected chi connectivity index (χ3v) is 6.38. The van der Waals surface area contributed by atoms with Gasteiger partial charge in [0, 0.05) is 30.6 Å². The van der Waals surface area contributed by atoms with Crippen LogP contribution in [0.3, 0.4) is 0 Å². The third-order valence-electron chi connectivity index (χ3n) is 6.38. The Kier molecular flexibility index (Phi) is 6.71. The van der Waals surface area contributed by atoms with Gasteiger partial charge in [0.1, 0.15) is 17.2 Å². The van der Waals surface area contributed by atoms with E-state index in [0.717, 1.165) is 19.3 Å². The number of nitrogens with two attached hydrogens (primary N) is 1. The van der Waals surface area contributed by atoms with E-state index in [9.17, 15) is 23.6 Å². The molecule has 1 aromatic rings. The van der Waals surface area contributed by atoms with Gasteiger partial charge in [-0.05, 0) is 37.8 Å². The van der Waals surface area contributed by atoms with Gasteiger partial charge in [0.15, 0.2) is 0 Å². The standard InChI is InChI=1S/C22H27F2N4O2/c23-17-5-4-6-18(24)16(17)13-28-12-11-22(14-25,15-28)27-19(29)7-10-21(20(26)30)8-2-1-3-9-21/h4-7H,1-3,8-13,15H2,(H2,26,30)(H,27,29). The summed E-state index contributed by atoms with van der Waals surface area (Å²) in [6.07, 6.45) is 6.20. The van der Waals surface area contributed by atoms with Crippen LogP contribution in [0.5, 0.6) is 0 Å². The van der Waals surface area contributed by atoms with E-state index in [1.54, 1.807) is 4.90 Å². The molecule has 1 aliphatic carbocycles. The predicted octanol–water partition coefficient (Wildman–Crippen LogP) is 2.58. The smallest absolute Gasteiger partial charge is 0.225 e. The molecule has 1 atom stereocenters. The molecule has 2 aliphatic rings. The molecule has 1 saturated carbocycles. The molecule has 2 fully saturated rings. The maximum absolute atomic E-state index is 13.9. The molecule has 1 unspecified atom stereocenters. The monoisotopic (exact) mass is 417 g/mol. The van der Waals surface area contributed by atoms with Crippen molar-refractivity contribution in [3.63, 3.8) is 0 Å². The average molecular weight is 417 g/mol. The second kappa shape index (κ2) is 9.09. The van der Waals surface area contributed by atoms with E-state index < -0.39 is 28.5 Å². The fourth-order valence-corrected chi connectivity index (χ4v) is 4.51. The van der Waals surface area contributed by atoms with Crippen LogP contribution in [-0.4, -0.2) is 35.3 Å². The number of primary amides is 1. The van der Waals surface area contributed by atoms with Crippen molar-refractivity contribution in [2.24, 2.45) is 11.1 Å². The summed E-state index contributed by atoms with van der Waals surface area (Å²) in [6.45, 7) is 0.608. The minimum atomic E-state index is -1.14. The first-order valence-electron chi connectivity index (χ1n) is 10.3. The Balaban J connectivity index is 1.59. The molecule has 0 spiro atoms. The van der Waals surface area contributed by atoms with E-state index in [4.69, 9.17) is 5.73 Å². The zero-order valence-corrected chi connectivity index (χ0v) is 16.9. The van der Waals surface area contributed by atoms with Crippen LogP contribution in [0.1, 0.15) is 50.5 Å². The summed E-state index contributed by atoms with van der Waals surface area (Å²) in [6, 6.07) is 5.85. The summed E-state index contributed by atoms with van der Waals surface area (Å²) in [7, 11) is 0. The normalized spacial score (nSPS) is 23.6. The van der Waals surface area contributed by atoms with Crippen molar-refractivity contribution in [3.8, 4) is 6.07 Å². The molecular weight excluding hydrogens is 390 g/mol. The van der Waals surface area contributed by atoms with Gasteiger partial charge in [0.05, 0.1) is 12.5 Å². The second-order valence-corrected chi connectivity index (χ2v) is 8.46. The predicted molar refractivity (Wildman–Crippen MR) is 106 cm³/mol. The van der Waals surface area contributed by atoms with Crippen molar-refractivity contribution >= 4 is 11.8 Å². The Morgan fingerprint density at radius 1 is 1.20 bits per heavy atom. The van der Waals surface area contributed by atoms with Crippen LogP contribution in [0.25, 0.3) is 0 Å². The number of nitriles is 1. The van der Waals surface area contributed by atoms with Gasteiger partial charge in [-0.2, -0.15) is 5.26 Å². The first-order chi connectivity index (χ1) is 14.3. The first kappa shape index (κ1) is 22.2. The van der Waals surface area contributed by atoms with Crippen molar-refractivity contribution in [1.82, 2.24) is 10.2 Å². The summed E-state index contributed by atoms with van der Waals surface area (Å²) in [5.74, 6) is -2.08. The number of rotatable bonds is 7. The molecule has 1 saturated heterocycles. The number of carbonyl (C=O) groups is 2. The van der Waals surface area contributed by atoms with Gasteiger partial charge in [0.2, 0.25) is 11.8 Å². The summed E-state index contributed by atoms with van der Waals surface area (Å²) in [5.41, 5.74) is 3.73. The van der Waals surface area contributed by atoms with Gasteiger partial charge < -0.3 is 11.1 Å². The van der Waals surface area contributed by atoms with E-state index in [0.29, 0.717) is 25.8 Å². The van der Waals surface area contributed by atoms with E-state index >= 15 is 0 Å². The summed E-state index contributed by atoms with van der Waals surface area (Å²) >= 11 is 0.